The molecule has 0 bridgehead atoms. The third kappa shape index (κ3) is 3.21. The fourth-order valence-electron chi connectivity index (χ4n) is 3.20. The Morgan fingerprint density at radius 1 is 1.12 bits per heavy atom. The fraction of sp³-hybridized carbons (Fsp3) is 0.316. The van der Waals surface area contributed by atoms with Crippen molar-refractivity contribution in [2.75, 3.05) is 20.1 Å². The minimum Gasteiger partial charge on any atom is -0.339 e. The van der Waals surface area contributed by atoms with Crippen LogP contribution >= 0.6 is 0 Å². The normalized spacial score (nSPS) is 18.1. The van der Waals surface area contributed by atoms with Gasteiger partial charge in [0.2, 0.25) is 11.7 Å². The zero-order valence-electron chi connectivity index (χ0n) is 13.7. The lowest BCUT2D eigenvalue weighted by Gasteiger charge is -2.06. The quantitative estimate of drug-likeness (QED) is 0.738. The van der Waals surface area contributed by atoms with Crippen molar-refractivity contribution in [3.63, 3.8) is 0 Å². The third-order valence-electron chi connectivity index (χ3n) is 4.51. The van der Waals surface area contributed by atoms with Crippen LogP contribution in [0.3, 0.4) is 0 Å². The summed E-state index contributed by atoms with van der Waals surface area (Å²) in [6.45, 7) is 2.25. The summed E-state index contributed by atoms with van der Waals surface area (Å²) in [6, 6.07) is 14.1. The molecule has 1 saturated heterocycles. The van der Waals surface area contributed by atoms with Gasteiger partial charge in [-0.25, -0.2) is 0 Å². The van der Waals surface area contributed by atoms with Gasteiger partial charge in [0.05, 0.1) is 5.69 Å². The molecule has 3 heterocycles. The van der Waals surface area contributed by atoms with Gasteiger partial charge in [0.15, 0.2) is 0 Å². The fourth-order valence-corrected chi connectivity index (χ4v) is 3.20. The summed E-state index contributed by atoms with van der Waals surface area (Å²) in [5, 5.41) is 4.11. The van der Waals surface area contributed by atoms with Crippen LogP contribution in [0, 0.1) is 5.92 Å². The van der Waals surface area contributed by atoms with Crippen LogP contribution in [0.25, 0.3) is 22.6 Å². The van der Waals surface area contributed by atoms with Crippen molar-refractivity contribution in [2.45, 2.75) is 12.8 Å². The Hall–Kier alpha value is -2.53. The van der Waals surface area contributed by atoms with E-state index in [1.54, 1.807) is 6.20 Å². The van der Waals surface area contributed by atoms with Crippen LogP contribution in [-0.2, 0) is 6.42 Å². The molecule has 1 unspecified atom stereocenters. The van der Waals surface area contributed by atoms with Gasteiger partial charge in [0.25, 0.3) is 0 Å². The summed E-state index contributed by atoms with van der Waals surface area (Å²) >= 11 is 0. The minimum absolute atomic E-state index is 0.613. The lowest BCUT2D eigenvalue weighted by Crippen LogP contribution is -2.15. The van der Waals surface area contributed by atoms with E-state index in [-0.39, 0.29) is 0 Å². The molecule has 0 amide bonds. The number of hydrogen-bond acceptors (Lipinski definition) is 5. The van der Waals surface area contributed by atoms with Crippen molar-refractivity contribution in [3.8, 4) is 22.6 Å². The summed E-state index contributed by atoms with van der Waals surface area (Å²) in [7, 11) is 2.15. The monoisotopic (exact) mass is 320 g/mol. The molecule has 0 N–H and O–H groups in total. The van der Waals surface area contributed by atoms with Crippen LogP contribution in [0.1, 0.15) is 12.3 Å². The van der Waals surface area contributed by atoms with E-state index in [4.69, 9.17) is 4.52 Å². The van der Waals surface area contributed by atoms with Crippen molar-refractivity contribution in [1.82, 2.24) is 20.0 Å². The van der Waals surface area contributed by atoms with Gasteiger partial charge in [-0.15, -0.1) is 0 Å². The molecule has 122 valence electrons. The molecule has 0 spiro atoms. The summed E-state index contributed by atoms with van der Waals surface area (Å²) in [5.74, 6) is 1.95. The topological polar surface area (TPSA) is 55.1 Å². The molecule has 0 saturated carbocycles. The number of aromatic nitrogens is 3. The van der Waals surface area contributed by atoms with Crippen LogP contribution < -0.4 is 0 Å². The maximum Gasteiger partial charge on any atom is 0.227 e. The number of pyridine rings is 1. The Labute approximate surface area is 141 Å². The van der Waals surface area contributed by atoms with Crippen LogP contribution in [0.2, 0.25) is 0 Å². The molecule has 1 aromatic carbocycles. The van der Waals surface area contributed by atoms with Gasteiger partial charge in [-0.1, -0.05) is 35.5 Å². The first-order chi connectivity index (χ1) is 11.8. The average Bonchev–Trinajstić information content (AvgIpc) is 3.25. The smallest absolute Gasteiger partial charge is 0.227 e. The van der Waals surface area contributed by atoms with Crippen LogP contribution in [0.15, 0.2) is 53.2 Å². The molecule has 0 aliphatic carbocycles. The van der Waals surface area contributed by atoms with Crippen molar-refractivity contribution in [1.29, 1.82) is 0 Å². The lowest BCUT2D eigenvalue weighted by atomic mass is 10.1. The Kier molecular flexibility index (Phi) is 4.09. The first-order valence-corrected chi connectivity index (χ1v) is 8.31. The summed E-state index contributed by atoms with van der Waals surface area (Å²) in [4.78, 5) is 11.4. The predicted molar refractivity (Wildman–Crippen MR) is 92.3 cm³/mol. The van der Waals surface area contributed by atoms with Gasteiger partial charge in [-0.3, -0.25) is 4.98 Å². The van der Waals surface area contributed by atoms with Crippen molar-refractivity contribution < 1.29 is 4.52 Å². The molecule has 1 aliphatic heterocycles. The number of rotatable bonds is 4. The maximum atomic E-state index is 5.42. The first kappa shape index (κ1) is 15.0. The van der Waals surface area contributed by atoms with E-state index >= 15 is 0 Å². The molecule has 5 nitrogen and oxygen atoms in total. The molecule has 5 heteroatoms. The van der Waals surface area contributed by atoms with Crippen LogP contribution in [-0.4, -0.2) is 40.2 Å². The highest BCUT2D eigenvalue weighted by atomic mass is 16.5. The highest BCUT2D eigenvalue weighted by molar-refractivity contribution is 5.62. The Morgan fingerprint density at radius 2 is 2.00 bits per heavy atom. The molecular formula is C19H20N4O. The summed E-state index contributed by atoms with van der Waals surface area (Å²) < 4.78 is 5.42. The highest BCUT2D eigenvalue weighted by Crippen LogP contribution is 2.23. The number of hydrogen-bond donors (Lipinski definition) is 0. The van der Waals surface area contributed by atoms with E-state index in [1.165, 1.54) is 6.42 Å². The van der Waals surface area contributed by atoms with Gasteiger partial charge in [-0.2, -0.15) is 4.98 Å². The maximum absolute atomic E-state index is 5.42. The zero-order valence-corrected chi connectivity index (χ0v) is 13.7. The predicted octanol–water partition coefficient (Wildman–Crippen LogP) is 3.29. The highest BCUT2D eigenvalue weighted by Gasteiger charge is 2.22. The molecular weight excluding hydrogens is 300 g/mol. The first-order valence-electron chi connectivity index (χ1n) is 8.31. The standard InChI is InChI=1S/C19H20N4O/c1-23-10-9-14(13-23)11-18-21-19(22-24-18)16-7-8-17(20-12-16)15-5-3-2-4-6-15/h2-8,12,14H,9-11,13H2,1H3. The van der Waals surface area contributed by atoms with E-state index in [2.05, 4.69) is 27.1 Å². The Balaban J connectivity index is 1.48. The second-order valence-electron chi connectivity index (χ2n) is 6.43. The molecule has 1 aliphatic rings. The minimum atomic E-state index is 0.613. The largest absolute Gasteiger partial charge is 0.339 e. The van der Waals surface area contributed by atoms with Crippen LogP contribution in [0.5, 0.6) is 0 Å². The Morgan fingerprint density at radius 3 is 2.71 bits per heavy atom. The Bertz CT molecular complexity index is 798. The third-order valence-corrected chi connectivity index (χ3v) is 4.51. The van der Waals surface area contributed by atoms with Crippen molar-refractivity contribution in [3.05, 3.63) is 54.6 Å². The second-order valence-corrected chi connectivity index (χ2v) is 6.43. The molecule has 24 heavy (non-hydrogen) atoms. The van der Waals surface area contributed by atoms with E-state index in [0.29, 0.717) is 11.7 Å². The van der Waals surface area contributed by atoms with Crippen molar-refractivity contribution in [2.24, 2.45) is 5.92 Å². The SMILES string of the molecule is CN1CCC(Cc2nc(-c3ccc(-c4ccccc4)nc3)no2)C1. The molecule has 1 atom stereocenters. The molecule has 0 radical (unpaired) electrons. The molecule has 3 aromatic rings. The lowest BCUT2D eigenvalue weighted by molar-refractivity contribution is 0.343. The number of nitrogens with zero attached hydrogens (tertiary/aromatic N) is 4. The average molecular weight is 320 g/mol. The van der Waals surface area contributed by atoms with Gasteiger partial charge < -0.3 is 9.42 Å². The van der Waals surface area contributed by atoms with Gasteiger partial charge in [0, 0.05) is 30.3 Å². The second kappa shape index (κ2) is 6.53. The van der Waals surface area contributed by atoms with Gasteiger partial charge in [0.1, 0.15) is 0 Å². The van der Waals surface area contributed by atoms with Gasteiger partial charge >= 0.3 is 0 Å². The molecule has 1 fully saturated rings. The summed E-state index contributed by atoms with van der Waals surface area (Å²) in [6.07, 6.45) is 3.86. The molecule has 2 aromatic heterocycles. The van der Waals surface area contributed by atoms with E-state index in [9.17, 15) is 0 Å². The van der Waals surface area contributed by atoms with E-state index in [0.717, 1.165) is 42.2 Å². The van der Waals surface area contributed by atoms with Crippen LogP contribution in [0.4, 0.5) is 0 Å². The number of likely N-dealkylation sites (tertiary alicyclic amines) is 1. The van der Waals surface area contributed by atoms with E-state index in [1.807, 2.05) is 42.5 Å². The van der Waals surface area contributed by atoms with E-state index < -0.39 is 0 Å². The summed E-state index contributed by atoms with van der Waals surface area (Å²) in [5.41, 5.74) is 2.92. The number of benzene rings is 1. The van der Waals surface area contributed by atoms with Crippen molar-refractivity contribution >= 4 is 0 Å². The zero-order chi connectivity index (χ0) is 16.4. The molecule has 4 rings (SSSR count). The van der Waals surface area contributed by atoms with Gasteiger partial charge in [-0.05, 0) is 38.1 Å².